The summed E-state index contributed by atoms with van der Waals surface area (Å²) in [6.45, 7) is 0. The smallest absolute Gasteiger partial charge is 0.332 e. The van der Waals surface area contributed by atoms with E-state index in [0.29, 0.717) is 5.69 Å². The van der Waals surface area contributed by atoms with E-state index in [-0.39, 0.29) is 5.75 Å². The first kappa shape index (κ1) is 17.5. The number of halogens is 4. The van der Waals surface area contributed by atoms with Crippen LogP contribution >= 0.6 is 11.8 Å². The zero-order valence-corrected chi connectivity index (χ0v) is 12.4. The lowest BCUT2D eigenvalue weighted by atomic mass is 10.1. The molecule has 1 aromatic carbocycles. The lowest BCUT2D eigenvalue weighted by Gasteiger charge is -2.32. The maximum Gasteiger partial charge on any atom is 0.404 e. The van der Waals surface area contributed by atoms with Gasteiger partial charge in [0.2, 0.25) is 11.8 Å². The highest BCUT2D eigenvalue weighted by atomic mass is 32.2. The zero-order valence-electron chi connectivity index (χ0n) is 11.6. The highest BCUT2D eigenvalue weighted by Gasteiger charge is 2.44. The number of nitrogens with one attached hydrogen (secondary N) is 3. The Labute approximate surface area is 133 Å². The fraction of sp³-hybridized carbons (Fsp3) is 0.385. The molecule has 0 radical (unpaired) electrons. The van der Waals surface area contributed by atoms with Gasteiger partial charge in [0.1, 0.15) is 17.4 Å². The molecule has 3 N–H and O–H groups in total. The summed E-state index contributed by atoms with van der Waals surface area (Å²) in [5.74, 6) is -1.85. The van der Waals surface area contributed by atoms with Crippen molar-refractivity contribution in [2.45, 2.75) is 24.1 Å². The number of thioether (sulfide) groups is 1. The van der Waals surface area contributed by atoms with Crippen LogP contribution in [0.1, 0.15) is 6.42 Å². The molecule has 5 nitrogen and oxygen atoms in total. The Balaban J connectivity index is 1.83. The summed E-state index contributed by atoms with van der Waals surface area (Å²) in [5.41, 5.74) is -0.646. The van der Waals surface area contributed by atoms with Crippen LogP contribution in [0.4, 0.5) is 23.2 Å². The molecule has 0 spiro atoms. The van der Waals surface area contributed by atoms with Crippen LogP contribution in [0.2, 0.25) is 0 Å². The summed E-state index contributed by atoms with van der Waals surface area (Å²) in [7, 11) is 0. The molecule has 0 aliphatic carbocycles. The molecule has 1 fully saturated rings. The molecule has 126 valence electrons. The number of carbonyl (C=O) groups excluding carboxylic acids is 2. The molecule has 1 aliphatic heterocycles. The van der Waals surface area contributed by atoms with Gasteiger partial charge in [0.05, 0.1) is 12.2 Å². The number of alkyl halides is 3. The minimum absolute atomic E-state index is 0.181. The van der Waals surface area contributed by atoms with Crippen molar-refractivity contribution < 1.29 is 27.2 Å². The molecule has 2 atom stereocenters. The number of rotatable bonds is 4. The second-order valence-electron chi connectivity index (χ2n) is 4.78. The van der Waals surface area contributed by atoms with E-state index in [4.69, 9.17) is 0 Å². The van der Waals surface area contributed by atoms with Gasteiger partial charge in [-0.2, -0.15) is 13.2 Å². The third kappa shape index (κ3) is 5.39. The van der Waals surface area contributed by atoms with Crippen LogP contribution in [-0.2, 0) is 9.59 Å². The zero-order chi connectivity index (χ0) is 17.0. The van der Waals surface area contributed by atoms with Crippen LogP contribution in [-0.4, -0.2) is 35.3 Å². The predicted octanol–water partition coefficient (Wildman–Crippen LogP) is 1.82. The summed E-state index contributed by atoms with van der Waals surface area (Å²) in [4.78, 5) is 23.0. The molecule has 0 bridgehead atoms. The normalized spacial score (nSPS) is 21.7. The molecule has 2 rings (SSSR count). The Bertz CT molecular complexity index is 580. The highest BCUT2D eigenvalue weighted by Crippen LogP contribution is 2.26. The monoisotopic (exact) mass is 351 g/mol. The van der Waals surface area contributed by atoms with Crippen LogP contribution in [0.25, 0.3) is 0 Å². The van der Waals surface area contributed by atoms with Crippen LogP contribution in [0.3, 0.4) is 0 Å². The van der Waals surface area contributed by atoms with E-state index >= 15 is 0 Å². The molecule has 23 heavy (non-hydrogen) atoms. The van der Waals surface area contributed by atoms with Crippen LogP contribution < -0.4 is 16.0 Å². The van der Waals surface area contributed by atoms with Crippen LogP contribution in [0.5, 0.6) is 0 Å². The average molecular weight is 351 g/mol. The largest absolute Gasteiger partial charge is 0.404 e. The van der Waals surface area contributed by atoms with Crippen molar-refractivity contribution in [3.8, 4) is 0 Å². The molecule has 2 amide bonds. The van der Waals surface area contributed by atoms with Gasteiger partial charge in [-0.3, -0.25) is 14.9 Å². The van der Waals surface area contributed by atoms with E-state index < -0.39 is 41.8 Å². The molecule has 2 unspecified atom stereocenters. The van der Waals surface area contributed by atoms with Gasteiger partial charge in [-0.25, -0.2) is 4.39 Å². The van der Waals surface area contributed by atoms with Gasteiger partial charge in [-0.05, 0) is 24.3 Å². The number of amides is 2. The standard InChI is InChI=1S/C13H13F4N3O2S/c14-7-1-3-8(4-2-7)18-11(22)6-23-12-19-9(13(15,16)17)5-10(21)20-12/h1-4,9,12,19H,5-6H2,(H,18,22)(H,20,21). The Kier molecular flexibility index (Phi) is 5.47. The summed E-state index contributed by atoms with van der Waals surface area (Å²) < 4.78 is 50.7. The van der Waals surface area contributed by atoms with Gasteiger partial charge in [-0.1, -0.05) is 0 Å². The Morgan fingerprint density at radius 1 is 1.30 bits per heavy atom. The first-order valence-corrected chi connectivity index (χ1v) is 7.58. The Morgan fingerprint density at radius 2 is 1.96 bits per heavy atom. The maximum absolute atomic E-state index is 12.7. The predicted molar refractivity (Wildman–Crippen MR) is 77.0 cm³/mol. The quantitative estimate of drug-likeness (QED) is 0.724. The van der Waals surface area contributed by atoms with Crippen molar-refractivity contribution in [2.75, 3.05) is 11.1 Å². The Hall–Kier alpha value is -1.81. The minimum Gasteiger partial charge on any atom is -0.332 e. The summed E-state index contributed by atoms with van der Waals surface area (Å²) >= 11 is 0.822. The Morgan fingerprint density at radius 3 is 2.57 bits per heavy atom. The van der Waals surface area contributed by atoms with E-state index in [1.165, 1.54) is 24.3 Å². The number of hydrogen-bond acceptors (Lipinski definition) is 4. The fourth-order valence-electron chi connectivity index (χ4n) is 1.86. The number of hydrogen-bond donors (Lipinski definition) is 3. The molecular weight excluding hydrogens is 338 g/mol. The molecular formula is C13H13F4N3O2S. The van der Waals surface area contributed by atoms with Gasteiger partial charge in [-0.15, -0.1) is 11.8 Å². The first-order valence-electron chi connectivity index (χ1n) is 6.53. The molecule has 1 aliphatic rings. The maximum atomic E-state index is 12.7. The molecule has 1 heterocycles. The second-order valence-corrected chi connectivity index (χ2v) is 5.87. The van der Waals surface area contributed by atoms with E-state index in [1.807, 2.05) is 0 Å². The van der Waals surface area contributed by atoms with E-state index in [0.717, 1.165) is 11.8 Å². The average Bonchev–Trinajstić information content (AvgIpc) is 2.46. The molecule has 1 aromatic rings. The van der Waals surface area contributed by atoms with Gasteiger partial charge in [0.15, 0.2) is 0 Å². The van der Waals surface area contributed by atoms with Crippen molar-refractivity contribution in [3.63, 3.8) is 0 Å². The van der Waals surface area contributed by atoms with Crippen LogP contribution in [0, 0.1) is 5.82 Å². The van der Waals surface area contributed by atoms with Crippen molar-refractivity contribution >= 4 is 29.3 Å². The van der Waals surface area contributed by atoms with Gasteiger partial charge < -0.3 is 10.6 Å². The molecule has 1 saturated heterocycles. The van der Waals surface area contributed by atoms with Crippen molar-refractivity contribution in [1.29, 1.82) is 0 Å². The van der Waals surface area contributed by atoms with Crippen LogP contribution in [0.15, 0.2) is 24.3 Å². The fourth-order valence-corrected chi connectivity index (χ4v) is 2.73. The summed E-state index contributed by atoms with van der Waals surface area (Å²) in [6, 6.07) is 3.12. The van der Waals surface area contributed by atoms with Gasteiger partial charge >= 0.3 is 6.18 Å². The SMILES string of the molecule is O=C(CSC1NC(=O)CC(C(F)(F)F)N1)Nc1ccc(F)cc1. The topological polar surface area (TPSA) is 70.2 Å². The third-order valence-electron chi connectivity index (χ3n) is 2.94. The minimum atomic E-state index is -4.53. The lowest BCUT2D eigenvalue weighted by molar-refractivity contribution is -0.167. The van der Waals surface area contributed by atoms with E-state index in [9.17, 15) is 27.2 Å². The molecule has 0 saturated carbocycles. The van der Waals surface area contributed by atoms with Crippen molar-refractivity contribution in [1.82, 2.24) is 10.6 Å². The summed E-state index contributed by atoms with van der Waals surface area (Å²) in [6.07, 6.45) is -5.23. The van der Waals surface area contributed by atoms with Crippen molar-refractivity contribution in [3.05, 3.63) is 30.1 Å². The highest BCUT2D eigenvalue weighted by molar-refractivity contribution is 8.00. The molecule has 0 aromatic heterocycles. The second kappa shape index (κ2) is 7.18. The lowest BCUT2D eigenvalue weighted by Crippen LogP contribution is -2.59. The van der Waals surface area contributed by atoms with E-state index in [2.05, 4.69) is 16.0 Å². The third-order valence-corrected chi connectivity index (χ3v) is 3.95. The number of benzene rings is 1. The summed E-state index contributed by atoms with van der Waals surface area (Å²) in [5, 5.41) is 7.03. The molecule has 10 heteroatoms. The van der Waals surface area contributed by atoms with Gasteiger partial charge in [0.25, 0.3) is 0 Å². The van der Waals surface area contributed by atoms with Gasteiger partial charge in [0, 0.05) is 5.69 Å². The van der Waals surface area contributed by atoms with Crippen molar-refractivity contribution in [2.24, 2.45) is 0 Å². The first-order chi connectivity index (χ1) is 10.7. The van der Waals surface area contributed by atoms with E-state index in [1.54, 1.807) is 0 Å². The number of carbonyl (C=O) groups is 2. The number of anilines is 1.